The van der Waals surface area contributed by atoms with E-state index >= 15 is 0 Å². The number of amides is 1. The summed E-state index contributed by atoms with van der Waals surface area (Å²) in [6, 6.07) is 6.38. The Labute approximate surface area is 250 Å². The first-order chi connectivity index (χ1) is 20.4. The summed E-state index contributed by atoms with van der Waals surface area (Å²) in [4.78, 5) is 32.4. The molecule has 1 N–H and O–H groups in total. The topological polar surface area (TPSA) is 87.8 Å². The Morgan fingerprint density at radius 2 is 2.02 bits per heavy atom. The van der Waals surface area contributed by atoms with Crippen LogP contribution in [0.15, 0.2) is 57.9 Å². The van der Waals surface area contributed by atoms with E-state index in [0.29, 0.717) is 34.8 Å². The van der Waals surface area contributed by atoms with Gasteiger partial charge in [-0.3, -0.25) is 14.6 Å². The van der Waals surface area contributed by atoms with E-state index < -0.39 is 0 Å². The number of aliphatic imine (C=N–C) groups is 1. The van der Waals surface area contributed by atoms with E-state index in [4.69, 9.17) is 9.52 Å². The lowest BCUT2D eigenvalue weighted by Gasteiger charge is -2.38. The van der Waals surface area contributed by atoms with Crippen molar-refractivity contribution in [2.45, 2.75) is 85.0 Å². The SMILES string of the molecule is CC(=NCCCC1CCCC(=O)C1)c1ccc(CC2CCN(C3=CC=CCC3C)CC2)c(NC(=O)c2conc2C)c1. The number of benzene rings is 1. The molecule has 5 rings (SSSR count). The number of nitrogens with zero attached hydrogens (tertiary/aromatic N) is 3. The van der Waals surface area contributed by atoms with Crippen LogP contribution >= 0.6 is 0 Å². The average Bonchev–Trinajstić information content (AvgIpc) is 3.43. The lowest BCUT2D eigenvalue weighted by atomic mass is 9.85. The first kappa shape index (κ1) is 30.0. The summed E-state index contributed by atoms with van der Waals surface area (Å²) < 4.78 is 5.03. The van der Waals surface area contributed by atoms with Gasteiger partial charge < -0.3 is 14.7 Å². The van der Waals surface area contributed by atoms with Gasteiger partial charge in [-0.25, -0.2) is 0 Å². The van der Waals surface area contributed by atoms with Gasteiger partial charge in [0.25, 0.3) is 5.91 Å². The predicted octanol–water partition coefficient (Wildman–Crippen LogP) is 7.32. The Morgan fingerprint density at radius 1 is 1.19 bits per heavy atom. The number of likely N-dealkylation sites (tertiary alicyclic amines) is 1. The Morgan fingerprint density at radius 3 is 2.76 bits per heavy atom. The molecule has 2 aromatic rings. The van der Waals surface area contributed by atoms with Gasteiger partial charge in [-0.15, -0.1) is 0 Å². The fraction of sp³-hybridized carbons (Fsp3) is 0.543. The number of aromatic nitrogens is 1. The summed E-state index contributed by atoms with van der Waals surface area (Å²) in [7, 11) is 0. The first-order valence-corrected chi connectivity index (χ1v) is 15.9. The van der Waals surface area contributed by atoms with Crippen molar-refractivity contribution in [2.75, 3.05) is 25.0 Å². The Kier molecular flexibility index (Phi) is 10.1. The minimum atomic E-state index is -0.204. The molecule has 1 saturated heterocycles. The van der Waals surface area contributed by atoms with Crippen molar-refractivity contribution in [1.82, 2.24) is 10.1 Å². The van der Waals surface area contributed by atoms with E-state index in [2.05, 4.69) is 58.7 Å². The van der Waals surface area contributed by atoms with Gasteiger partial charge in [0.05, 0.1) is 5.69 Å². The summed E-state index contributed by atoms with van der Waals surface area (Å²) >= 11 is 0. The molecule has 224 valence electrons. The van der Waals surface area contributed by atoms with E-state index in [0.717, 1.165) is 106 Å². The maximum atomic E-state index is 13.2. The smallest absolute Gasteiger partial charge is 0.260 e. The van der Waals surface area contributed by atoms with Crippen LogP contribution in [0, 0.1) is 24.7 Å². The number of allylic oxidation sites excluding steroid dienone is 4. The molecule has 1 aliphatic heterocycles. The van der Waals surface area contributed by atoms with Gasteiger partial charge in [-0.1, -0.05) is 36.4 Å². The zero-order valence-corrected chi connectivity index (χ0v) is 25.5. The van der Waals surface area contributed by atoms with Gasteiger partial charge in [0.2, 0.25) is 0 Å². The molecule has 42 heavy (non-hydrogen) atoms. The third-order valence-electron chi connectivity index (χ3n) is 9.36. The van der Waals surface area contributed by atoms with E-state index in [9.17, 15) is 9.59 Å². The van der Waals surface area contributed by atoms with Gasteiger partial charge in [0, 0.05) is 49.6 Å². The second-order valence-corrected chi connectivity index (χ2v) is 12.5. The first-order valence-electron chi connectivity index (χ1n) is 15.9. The molecule has 7 heteroatoms. The molecule has 0 bridgehead atoms. The quantitative estimate of drug-likeness (QED) is 0.239. The Balaban J connectivity index is 1.25. The molecule has 7 nitrogen and oxygen atoms in total. The maximum absolute atomic E-state index is 13.2. The highest BCUT2D eigenvalue weighted by molar-refractivity contribution is 6.06. The summed E-state index contributed by atoms with van der Waals surface area (Å²) in [5.41, 5.74) is 6.48. The summed E-state index contributed by atoms with van der Waals surface area (Å²) in [5, 5.41) is 7.05. The number of carbonyl (C=O) groups is 2. The van der Waals surface area contributed by atoms with E-state index in [1.54, 1.807) is 6.92 Å². The number of nitrogens with one attached hydrogen (secondary N) is 1. The van der Waals surface area contributed by atoms with Crippen molar-refractivity contribution < 1.29 is 14.1 Å². The van der Waals surface area contributed by atoms with Crippen LogP contribution in [0.3, 0.4) is 0 Å². The third kappa shape index (κ3) is 7.67. The number of rotatable bonds is 10. The summed E-state index contributed by atoms with van der Waals surface area (Å²) in [6.45, 7) is 9.05. The number of aryl methyl sites for hydroxylation is 1. The van der Waals surface area contributed by atoms with E-state index in [1.807, 2.05) is 6.92 Å². The second kappa shape index (κ2) is 14.1. The van der Waals surface area contributed by atoms with Crippen LogP contribution < -0.4 is 5.32 Å². The highest BCUT2D eigenvalue weighted by Crippen LogP contribution is 2.32. The molecule has 1 aromatic heterocycles. The highest BCUT2D eigenvalue weighted by atomic mass is 16.5. The highest BCUT2D eigenvalue weighted by Gasteiger charge is 2.25. The molecular weight excluding hydrogens is 524 g/mol. The average molecular weight is 571 g/mol. The van der Waals surface area contributed by atoms with E-state index in [1.165, 1.54) is 12.0 Å². The molecule has 1 amide bonds. The third-order valence-corrected chi connectivity index (χ3v) is 9.36. The second-order valence-electron chi connectivity index (χ2n) is 12.5. The molecule has 0 spiro atoms. The monoisotopic (exact) mass is 570 g/mol. The van der Waals surface area contributed by atoms with Crippen LogP contribution in [-0.4, -0.2) is 47.1 Å². The van der Waals surface area contributed by atoms with Crippen LogP contribution in [0.2, 0.25) is 0 Å². The minimum absolute atomic E-state index is 0.204. The molecule has 2 aliphatic carbocycles. The molecular formula is C35H46N4O3. The van der Waals surface area contributed by atoms with Crippen molar-refractivity contribution in [3.63, 3.8) is 0 Å². The number of anilines is 1. The zero-order valence-electron chi connectivity index (χ0n) is 25.5. The Bertz CT molecular complexity index is 1350. The molecule has 2 fully saturated rings. The number of ketones is 1. The number of carbonyl (C=O) groups excluding carboxylic acids is 2. The summed E-state index contributed by atoms with van der Waals surface area (Å²) in [6.07, 6.45) is 18.2. The van der Waals surface area contributed by atoms with Crippen LogP contribution in [0.4, 0.5) is 5.69 Å². The van der Waals surface area contributed by atoms with Gasteiger partial charge >= 0.3 is 0 Å². The van der Waals surface area contributed by atoms with Crippen LogP contribution in [0.5, 0.6) is 0 Å². The van der Waals surface area contributed by atoms with Crippen molar-refractivity contribution in [1.29, 1.82) is 0 Å². The maximum Gasteiger partial charge on any atom is 0.260 e. The van der Waals surface area contributed by atoms with Crippen LogP contribution in [0.25, 0.3) is 0 Å². The van der Waals surface area contributed by atoms with Crippen molar-refractivity contribution in [2.24, 2.45) is 22.7 Å². The fourth-order valence-corrected chi connectivity index (χ4v) is 6.73. The van der Waals surface area contributed by atoms with Gasteiger partial charge in [0.1, 0.15) is 17.6 Å². The standard InChI is InChI=1S/C35H46N4O3/c1-24-8-4-5-12-34(24)39-18-15-28(16-19-39)20-30-14-13-29(22-33(30)37-35(41)32-23-42-38-26(32)3)25(2)36-17-7-10-27-9-6-11-31(40)21-27/h4-5,12-14,22-24,27-28H,6-11,15-21H2,1-3H3,(H,37,41). The fourth-order valence-electron chi connectivity index (χ4n) is 6.73. The predicted molar refractivity (Wildman–Crippen MR) is 168 cm³/mol. The van der Waals surface area contributed by atoms with Gasteiger partial charge in [-0.05, 0) is 106 Å². The van der Waals surface area contributed by atoms with Crippen molar-refractivity contribution in [3.05, 3.63) is 70.8 Å². The molecule has 2 heterocycles. The number of hydrogen-bond acceptors (Lipinski definition) is 6. The number of Topliss-reactive ketones (excluding diaryl/α,β-unsaturated/α-hetero) is 1. The normalized spacial score (nSPS) is 21.9. The molecule has 2 atom stereocenters. The lowest BCUT2D eigenvalue weighted by molar-refractivity contribution is -0.121. The van der Waals surface area contributed by atoms with Crippen molar-refractivity contribution >= 4 is 23.1 Å². The minimum Gasteiger partial charge on any atom is -0.375 e. The largest absolute Gasteiger partial charge is 0.375 e. The molecule has 2 unspecified atom stereocenters. The molecule has 3 aliphatic rings. The summed E-state index contributed by atoms with van der Waals surface area (Å²) in [5.74, 6) is 1.89. The van der Waals surface area contributed by atoms with E-state index in [-0.39, 0.29) is 5.91 Å². The van der Waals surface area contributed by atoms with Crippen LogP contribution in [0.1, 0.15) is 98.8 Å². The zero-order chi connectivity index (χ0) is 29.5. The van der Waals surface area contributed by atoms with Gasteiger partial charge in [-0.2, -0.15) is 0 Å². The molecule has 1 saturated carbocycles. The Hall–Kier alpha value is -3.48. The number of piperidine rings is 1. The lowest BCUT2D eigenvalue weighted by Crippen LogP contribution is -2.36. The van der Waals surface area contributed by atoms with Gasteiger partial charge in [0.15, 0.2) is 0 Å². The molecule has 0 radical (unpaired) electrons. The van der Waals surface area contributed by atoms with Crippen LogP contribution in [-0.2, 0) is 11.2 Å². The van der Waals surface area contributed by atoms with Crippen molar-refractivity contribution in [3.8, 4) is 0 Å². The number of hydrogen-bond donors (Lipinski definition) is 1. The molecule has 1 aromatic carbocycles.